The predicted octanol–water partition coefficient (Wildman–Crippen LogP) is 5.99. The number of fused-ring (bicyclic) bond motifs is 1. The molecule has 1 aliphatic rings. The summed E-state index contributed by atoms with van der Waals surface area (Å²) in [6.07, 6.45) is 0. The maximum atomic E-state index is 13.3. The SMILES string of the molecule is Cc1ccc2nc(N3C(=O)C(=O)/C(=C(/O)c4ccccc4)C3c3cccc(Br)c3)sc2c1. The van der Waals surface area contributed by atoms with Crippen LogP contribution in [0.15, 0.2) is 82.8 Å². The van der Waals surface area contributed by atoms with Crippen molar-refractivity contribution >= 4 is 60.1 Å². The molecule has 4 aromatic rings. The van der Waals surface area contributed by atoms with Crippen LogP contribution in [-0.4, -0.2) is 21.8 Å². The average molecular weight is 505 g/mol. The highest BCUT2D eigenvalue weighted by Crippen LogP contribution is 2.44. The number of benzene rings is 3. The molecule has 7 heteroatoms. The Kier molecular flexibility index (Phi) is 5.15. The number of carbonyl (C=O) groups is 2. The summed E-state index contributed by atoms with van der Waals surface area (Å²) < 4.78 is 1.73. The molecular weight excluding hydrogens is 488 g/mol. The van der Waals surface area contributed by atoms with Crippen molar-refractivity contribution in [3.05, 3.63) is 99.5 Å². The normalized spacial score (nSPS) is 17.9. The van der Waals surface area contributed by atoms with E-state index in [2.05, 4.69) is 20.9 Å². The van der Waals surface area contributed by atoms with Gasteiger partial charge in [0, 0.05) is 10.0 Å². The molecule has 158 valence electrons. The van der Waals surface area contributed by atoms with Crippen LogP contribution in [0, 0.1) is 6.92 Å². The molecule has 1 saturated heterocycles. The first-order chi connectivity index (χ1) is 15.4. The molecule has 1 atom stereocenters. The van der Waals surface area contributed by atoms with Gasteiger partial charge in [0.25, 0.3) is 5.78 Å². The van der Waals surface area contributed by atoms with Gasteiger partial charge in [-0.3, -0.25) is 14.5 Å². The minimum Gasteiger partial charge on any atom is -0.507 e. The molecule has 32 heavy (non-hydrogen) atoms. The third-order valence-corrected chi connectivity index (χ3v) is 6.91. The largest absolute Gasteiger partial charge is 0.507 e. The fraction of sp³-hybridized carbons (Fsp3) is 0.0800. The summed E-state index contributed by atoms with van der Waals surface area (Å²) in [7, 11) is 0. The van der Waals surface area contributed by atoms with Gasteiger partial charge in [0.05, 0.1) is 21.8 Å². The van der Waals surface area contributed by atoms with Gasteiger partial charge in [-0.1, -0.05) is 75.8 Å². The topological polar surface area (TPSA) is 70.5 Å². The van der Waals surface area contributed by atoms with Gasteiger partial charge in [0.2, 0.25) is 0 Å². The molecule has 0 radical (unpaired) electrons. The molecule has 1 unspecified atom stereocenters. The van der Waals surface area contributed by atoms with Crippen LogP contribution in [0.2, 0.25) is 0 Å². The fourth-order valence-corrected chi connectivity index (χ4v) is 5.40. The third kappa shape index (κ3) is 3.43. The lowest BCUT2D eigenvalue weighted by atomic mass is 9.95. The van der Waals surface area contributed by atoms with E-state index in [4.69, 9.17) is 0 Å². The molecule has 0 bridgehead atoms. The van der Waals surface area contributed by atoms with Gasteiger partial charge in [0.15, 0.2) is 5.13 Å². The number of aromatic nitrogens is 1. The van der Waals surface area contributed by atoms with Crippen molar-refractivity contribution in [3.63, 3.8) is 0 Å². The van der Waals surface area contributed by atoms with Crippen LogP contribution in [0.5, 0.6) is 0 Å². The molecule has 0 saturated carbocycles. The first-order valence-electron chi connectivity index (χ1n) is 9.93. The van der Waals surface area contributed by atoms with E-state index >= 15 is 0 Å². The Morgan fingerprint density at radius 1 is 1.03 bits per heavy atom. The number of rotatable bonds is 3. The van der Waals surface area contributed by atoms with E-state index in [-0.39, 0.29) is 11.3 Å². The summed E-state index contributed by atoms with van der Waals surface area (Å²) in [5.41, 5.74) is 3.07. The number of amides is 1. The number of halogens is 1. The number of aryl methyl sites for hydroxylation is 1. The lowest BCUT2D eigenvalue weighted by Crippen LogP contribution is -2.29. The van der Waals surface area contributed by atoms with E-state index in [0.717, 1.165) is 20.3 Å². The van der Waals surface area contributed by atoms with E-state index in [1.54, 1.807) is 24.3 Å². The molecule has 3 aromatic carbocycles. The Morgan fingerprint density at radius 2 is 1.81 bits per heavy atom. The molecule has 0 spiro atoms. The number of hydrogen-bond acceptors (Lipinski definition) is 5. The predicted molar refractivity (Wildman–Crippen MR) is 130 cm³/mol. The molecule has 5 nitrogen and oxygen atoms in total. The minimum atomic E-state index is -0.797. The van der Waals surface area contributed by atoms with E-state index in [1.165, 1.54) is 16.2 Å². The van der Waals surface area contributed by atoms with Crippen molar-refractivity contribution in [3.8, 4) is 0 Å². The van der Waals surface area contributed by atoms with Crippen molar-refractivity contribution < 1.29 is 14.7 Å². The Hall–Kier alpha value is -3.29. The quantitative estimate of drug-likeness (QED) is 0.211. The molecule has 1 fully saturated rings. The van der Waals surface area contributed by atoms with Crippen LogP contribution < -0.4 is 4.90 Å². The second kappa shape index (κ2) is 8.00. The number of aliphatic hydroxyl groups excluding tert-OH is 1. The maximum Gasteiger partial charge on any atom is 0.301 e. The summed E-state index contributed by atoms with van der Waals surface area (Å²) in [6.45, 7) is 1.99. The monoisotopic (exact) mass is 504 g/mol. The highest BCUT2D eigenvalue weighted by atomic mass is 79.9. The molecule has 1 N–H and O–H groups in total. The zero-order chi connectivity index (χ0) is 22.4. The molecule has 0 aliphatic carbocycles. The van der Waals surface area contributed by atoms with Crippen molar-refractivity contribution in [1.82, 2.24) is 4.98 Å². The summed E-state index contributed by atoms with van der Waals surface area (Å²) in [5.74, 6) is -1.64. The standard InChI is InChI=1S/C25H17BrN2O3S/c1-14-10-11-18-19(12-14)32-25(27-18)28-21(16-8-5-9-17(26)13-16)20(23(30)24(28)31)22(29)15-6-3-2-4-7-15/h2-13,21,29H,1H3/b22-20+. The van der Waals surface area contributed by atoms with Gasteiger partial charge in [-0.05, 0) is 42.3 Å². The number of nitrogens with zero attached hydrogens (tertiary/aromatic N) is 2. The van der Waals surface area contributed by atoms with Gasteiger partial charge in [-0.25, -0.2) is 4.98 Å². The molecule has 1 amide bonds. The Labute approximate surface area is 196 Å². The van der Waals surface area contributed by atoms with Crippen molar-refractivity contribution in [1.29, 1.82) is 0 Å². The van der Waals surface area contributed by atoms with Crippen LogP contribution in [0.1, 0.15) is 22.7 Å². The lowest BCUT2D eigenvalue weighted by molar-refractivity contribution is -0.132. The number of Topliss-reactive ketones (excluding diaryl/α,β-unsaturated/α-hetero) is 1. The smallest absolute Gasteiger partial charge is 0.301 e. The molecular formula is C25H17BrN2O3S. The number of hydrogen-bond donors (Lipinski definition) is 1. The highest BCUT2D eigenvalue weighted by molar-refractivity contribution is 9.10. The van der Waals surface area contributed by atoms with Gasteiger partial charge >= 0.3 is 5.91 Å². The number of carbonyl (C=O) groups excluding carboxylic acids is 2. The van der Waals surface area contributed by atoms with Crippen LogP contribution in [-0.2, 0) is 9.59 Å². The molecule has 1 aliphatic heterocycles. The van der Waals surface area contributed by atoms with Crippen LogP contribution >= 0.6 is 27.3 Å². The number of anilines is 1. The summed E-state index contributed by atoms with van der Waals surface area (Å²) in [6, 6.07) is 21.2. The van der Waals surface area contributed by atoms with E-state index in [9.17, 15) is 14.7 Å². The van der Waals surface area contributed by atoms with Crippen LogP contribution in [0.3, 0.4) is 0 Å². The first kappa shape index (κ1) is 20.6. The molecule has 1 aromatic heterocycles. The lowest BCUT2D eigenvalue weighted by Gasteiger charge is -2.23. The summed E-state index contributed by atoms with van der Waals surface area (Å²) >= 11 is 4.83. The summed E-state index contributed by atoms with van der Waals surface area (Å²) in [4.78, 5) is 32.5. The van der Waals surface area contributed by atoms with E-state index in [1.807, 2.05) is 55.5 Å². The third-order valence-electron chi connectivity index (χ3n) is 5.39. The second-order valence-corrected chi connectivity index (χ2v) is 9.48. The maximum absolute atomic E-state index is 13.3. The highest BCUT2D eigenvalue weighted by Gasteiger charge is 2.48. The summed E-state index contributed by atoms with van der Waals surface area (Å²) in [5, 5.41) is 11.5. The van der Waals surface area contributed by atoms with E-state index in [0.29, 0.717) is 16.3 Å². The van der Waals surface area contributed by atoms with Crippen molar-refractivity contribution in [2.45, 2.75) is 13.0 Å². The zero-order valence-electron chi connectivity index (χ0n) is 16.9. The Morgan fingerprint density at radius 3 is 2.56 bits per heavy atom. The van der Waals surface area contributed by atoms with Crippen molar-refractivity contribution in [2.24, 2.45) is 0 Å². The fourth-order valence-electron chi connectivity index (χ4n) is 3.90. The second-order valence-electron chi connectivity index (χ2n) is 7.56. The Bertz CT molecular complexity index is 1410. The molecule has 2 heterocycles. The number of aliphatic hydroxyl groups is 1. The van der Waals surface area contributed by atoms with E-state index < -0.39 is 17.7 Å². The average Bonchev–Trinajstić information content (AvgIpc) is 3.32. The van der Waals surface area contributed by atoms with Gasteiger partial charge in [-0.2, -0.15) is 0 Å². The van der Waals surface area contributed by atoms with Gasteiger partial charge in [-0.15, -0.1) is 0 Å². The van der Waals surface area contributed by atoms with Crippen LogP contribution in [0.4, 0.5) is 5.13 Å². The van der Waals surface area contributed by atoms with Gasteiger partial charge in [0.1, 0.15) is 5.76 Å². The van der Waals surface area contributed by atoms with Crippen LogP contribution in [0.25, 0.3) is 16.0 Å². The Balaban J connectivity index is 1.75. The number of ketones is 1. The zero-order valence-corrected chi connectivity index (χ0v) is 19.4. The number of thiazole rings is 1. The first-order valence-corrected chi connectivity index (χ1v) is 11.5. The minimum absolute atomic E-state index is 0.0507. The van der Waals surface area contributed by atoms with Crippen molar-refractivity contribution in [2.75, 3.05) is 4.90 Å². The van der Waals surface area contributed by atoms with Gasteiger partial charge < -0.3 is 5.11 Å². The molecule has 5 rings (SSSR count).